The number of aliphatic hydroxyl groups excluding tert-OH is 2. The molecule has 4 atom stereocenters. The number of hydrogen-bond donors (Lipinski definition) is 6. The number of fused-ring (bicyclic) bond motifs is 3. The molecule has 212 valence electrons. The fourth-order valence-corrected chi connectivity index (χ4v) is 6.20. The van der Waals surface area contributed by atoms with Crippen LogP contribution in [0, 0.1) is 11.8 Å². The smallest absolute Gasteiger partial charge is 0.255 e. The van der Waals surface area contributed by atoms with Crippen molar-refractivity contribution in [2.75, 3.05) is 54.2 Å². The number of likely N-dealkylation sites (N-methyl/N-ethyl adjacent to an activating group) is 1. The molecule has 1 amide bonds. The van der Waals surface area contributed by atoms with Crippen LogP contribution in [0.1, 0.15) is 23.1 Å². The number of anilines is 1. The van der Waals surface area contributed by atoms with E-state index in [1.807, 2.05) is 46.2 Å². The number of amides is 1. The summed E-state index contributed by atoms with van der Waals surface area (Å²) in [6, 6.07) is 0.712. The number of nitrogens with one attached hydrogen (secondary N) is 1. The van der Waals surface area contributed by atoms with Gasteiger partial charge in [-0.15, -0.1) is 0 Å². The zero-order valence-electron chi connectivity index (χ0n) is 23.4. The molecule has 0 spiro atoms. The molecular weight excluding hydrogens is 506 g/mol. The number of aromatic hydroxyl groups is 1. The lowest BCUT2D eigenvalue weighted by molar-refractivity contribution is -0.917. The van der Waals surface area contributed by atoms with E-state index in [1.165, 1.54) is 4.90 Å². The van der Waals surface area contributed by atoms with Crippen LogP contribution in [0.5, 0.6) is 5.75 Å². The number of benzene rings is 1. The second kappa shape index (κ2) is 9.33. The van der Waals surface area contributed by atoms with E-state index >= 15 is 0 Å². The number of phenolic OH excluding ortho intramolecular Hbond substituents is 1. The quantitative estimate of drug-likeness (QED) is 0.159. The topological polar surface area (TPSA) is 177 Å². The number of nitrogens with zero attached hydrogens (tertiary/aromatic N) is 3. The fourth-order valence-electron chi connectivity index (χ4n) is 6.20. The van der Waals surface area contributed by atoms with Gasteiger partial charge in [-0.25, -0.2) is 0 Å². The number of ketones is 2. The standard InChI is InChI=1S/C27H37N5O7/c1-30(2)16-10-13(11-29-32(5,6)7)21(33)18-14(16)8-12-9-15-20(31(3)4)23(35)19(26(28)38)25(37)27(15,39)24(36)17(12)22(18)34/h10,12,15,20,29,39H,8-9,11H2,1-7H3,(H4-,28,33,34,35,36,37,38)/p+1/t12-,15-,20-,27-/m0/s1. The van der Waals surface area contributed by atoms with Gasteiger partial charge in [-0.2, -0.15) is 5.43 Å². The summed E-state index contributed by atoms with van der Waals surface area (Å²) in [7, 11) is 12.6. The van der Waals surface area contributed by atoms with E-state index in [0.29, 0.717) is 15.7 Å². The van der Waals surface area contributed by atoms with Crippen molar-refractivity contribution >= 4 is 28.9 Å². The van der Waals surface area contributed by atoms with Crippen molar-refractivity contribution < 1.29 is 39.4 Å². The van der Waals surface area contributed by atoms with Crippen LogP contribution < -0.4 is 16.1 Å². The van der Waals surface area contributed by atoms with E-state index in [9.17, 15) is 34.8 Å². The van der Waals surface area contributed by atoms with Gasteiger partial charge in [0, 0.05) is 36.8 Å². The first-order valence-electron chi connectivity index (χ1n) is 12.7. The second-order valence-electron chi connectivity index (χ2n) is 12.0. The van der Waals surface area contributed by atoms with Gasteiger partial charge in [0.1, 0.15) is 22.8 Å². The number of hydrogen-bond acceptors (Lipinski definition) is 10. The van der Waals surface area contributed by atoms with Crippen LogP contribution in [0.15, 0.2) is 23.0 Å². The van der Waals surface area contributed by atoms with E-state index in [2.05, 4.69) is 5.43 Å². The fraction of sp³-hybridized carbons (Fsp3) is 0.519. The summed E-state index contributed by atoms with van der Waals surface area (Å²) in [6.45, 7) is 0.258. The van der Waals surface area contributed by atoms with E-state index < -0.39 is 58.0 Å². The number of phenols is 1. The third-order valence-corrected chi connectivity index (χ3v) is 8.00. The average molecular weight is 545 g/mol. The van der Waals surface area contributed by atoms with Gasteiger partial charge in [0.05, 0.1) is 39.3 Å². The Kier molecular flexibility index (Phi) is 6.83. The molecule has 1 saturated carbocycles. The molecule has 0 aliphatic heterocycles. The van der Waals surface area contributed by atoms with Gasteiger partial charge in [-0.3, -0.25) is 23.9 Å². The summed E-state index contributed by atoms with van der Waals surface area (Å²) in [5.74, 6) is -6.60. The van der Waals surface area contributed by atoms with Crippen LogP contribution in [-0.2, 0) is 27.3 Å². The summed E-state index contributed by atoms with van der Waals surface area (Å²) >= 11 is 0. The third-order valence-electron chi connectivity index (χ3n) is 8.00. The molecule has 39 heavy (non-hydrogen) atoms. The molecule has 12 nitrogen and oxygen atoms in total. The van der Waals surface area contributed by atoms with Gasteiger partial charge >= 0.3 is 0 Å². The molecule has 3 aliphatic rings. The van der Waals surface area contributed by atoms with Gasteiger partial charge in [-0.1, -0.05) is 0 Å². The van der Waals surface area contributed by atoms with Gasteiger partial charge in [0.2, 0.25) is 5.78 Å². The molecule has 4 rings (SSSR count). The summed E-state index contributed by atoms with van der Waals surface area (Å²) in [4.78, 5) is 42.7. The molecule has 0 saturated heterocycles. The van der Waals surface area contributed by atoms with Crippen LogP contribution in [0.3, 0.4) is 0 Å². The van der Waals surface area contributed by atoms with Gasteiger partial charge in [0.15, 0.2) is 11.4 Å². The Balaban J connectivity index is 1.96. The highest BCUT2D eigenvalue weighted by Crippen LogP contribution is 2.54. The molecule has 1 aromatic carbocycles. The van der Waals surface area contributed by atoms with Crippen LogP contribution in [-0.4, -0.2) is 108 Å². The zero-order valence-corrected chi connectivity index (χ0v) is 23.4. The number of primary amides is 1. The number of carbonyl (C=O) groups is 3. The van der Waals surface area contributed by atoms with Crippen molar-refractivity contribution in [2.45, 2.75) is 31.0 Å². The normalized spacial score (nSPS) is 26.9. The third kappa shape index (κ3) is 4.27. The molecule has 1 fully saturated rings. The van der Waals surface area contributed by atoms with E-state index in [0.717, 1.165) is 5.69 Å². The first-order valence-corrected chi connectivity index (χ1v) is 12.7. The summed E-state index contributed by atoms with van der Waals surface area (Å²) in [5, 5.41) is 45.6. The first kappa shape index (κ1) is 28.6. The molecule has 0 aromatic heterocycles. The Bertz CT molecular complexity index is 1340. The lowest BCUT2D eigenvalue weighted by atomic mass is 9.57. The van der Waals surface area contributed by atoms with E-state index in [4.69, 9.17) is 5.73 Å². The van der Waals surface area contributed by atoms with Crippen molar-refractivity contribution in [2.24, 2.45) is 17.6 Å². The van der Waals surface area contributed by atoms with Crippen molar-refractivity contribution in [1.82, 2.24) is 10.3 Å². The number of aliphatic hydroxyl groups is 3. The predicted octanol–water partition coefficient (Wildman–Crippen LogP) is -0.259. The number of Topliss-reactive ketones (excluding diaryl/α,β-unsaturated/α-hetero) is 2. The molecule has 12 heteroatoms. The summed E-state index contributed by atoms with van der Waals surface area (Å²) in [5.41, 5.74) is 6.90. The predicted molar refractivity (Wildman–Crippen MR) is 143 cm³/mol. The molecule has 0 bridgehead atoms. The minimum absolute atomic E-state index is 0.0458. The van der Waals surface area contributed by atoms with Gasteiger partial charge in [-0.05, 0) is 44.5 Å². The molecule has 1 aromatic rings. The molecule has 0 unspecified atom stereocenters. The number of carbonyl (C=O) groups excluding carboxylic acids is 3. The maximum absolute atomic E-state index is 14.0. The second-order valence-corrected chi connectivity index (χ2v) is 12.0. The Labute approximate surface area is 227 Å². The largest absolute Gasteiger partial charge is 0.508 e. The minimum Gasteiger partial charge on any atom is -0.508 e. The number of nitrogens with two attached hydrogens (primary N) is 1. The highest BCUT2D eigenvalue weighted by Gasteiger charge is 2.64. The molecule has 0 heterocycles. The van der Waals surface area contributed by atoms with Crippen LogP contribution in [0.25, 0.3) is 5.76 Å². The van der Waals surface area contributed by atoms with Crippen molar-refractivity contribution in [3.05, 3.63) is 39.7 Å². The zero-order chi connectivity index (χ0) is 29.4. The van der Waals surface area contributed by atoms with Crippen molar-refractivity contribution in [3.63, 3.8) is 0 Å². The number of quaternary nitrogens is 1. The molecule has 3 aliphatic carbocycles. The monoisotopic (exact) mass is 544 g/mol. The van der Waals surface area contributed by atoms with Crippen LogP contribution in [0.4, 0.5) is 5.69 Å². The highest BCUT2D eigenvalue weighted by molar-refractivity contribution is 6.24. The van der Waals surface area contributed by atoms with Crippen molar-refractivity contribution in [1.29, 1.82) is 0 Å². The highest BCUT2D eigenvalue weighted by atomic mass is 16.3. The number of rotatable bonds is 6. The lowest BCUT2D eigenvalue weighted by Crippen LogP contribution is -2.65. The Hall–Kier alpha value is -3.45. The minimum atomic E-state index is -2.66. The molecule has 7 N–H and O–H groups in total. The van der Waals surface area contributed by atoms with Gasteiger partial charge < -0.3 is 31.1 Å². The summed E-state index contributed by atoms with van der Waals surface area (Å²) < 4.78 is 0.398. The average Bonchev–Trinajstić information content (AvgIpc) is 2.79. The maximum Gasteiger partial charge on any atom is 0.255 e. The van der Waals surface area contributed by atoms with E-state index in [-0.39, 0.29) is 36.3 Å². The Morgan fingerprint density at radius 1 is 1.15 bits per heavy atom. The van der Waals surface area contributed by atoms with Crippen LogP contribution in [0.2, 0.25) is 0 Å². The van der Waals surface area contributed by atoms with E-state index in [1.54, 1.807) is 14.1 Å². The molecular formula is C27H38N5O7+. The first-order chi connectivity index (χ1) is 17.9. The lowest BCUT2D eigenvalue weighted by Gasteiger charge is -2.50. The SMILES string of the molecule is CN(C)c1cc(CN[N+](C)(C)C)c(O)c2c1C[C@H]1C[C@H]3[C@H](N(C)C)C(=O)C(C(N)=O)=C(O)[C@@]3(O)C(=O)C1=C2O. The Morgan fingerprint density at radius 2 is 1.77 bits per heavy atom. The Morgan fingerprint density at radius 3 is 2.28 bits per heavy atom. The molecule has 0 radical (unpaired) electrons. The maximum atomic E-state index is 14.0. The van der Waals surface area contributed by atoms with Gasteiger partial charge in [0.25, 0.3) is 5.91 Å². The van der Waals surface area contributed by atoms with Crippen LogP contribution >= 0.6 is 0 Å². The van der Waals surface area contributed by atoms with Crippen molar-refractivity contribution in [3.8, 4) is 5.75 Å². The summed E-state index contributed by atoms with van der Waals surface area (Å²) in [6.07, 6.45) is 0.281.